The van der Waals surface area contributed by atoms with Crippen LogP contribution in [0, 0.1) is 17.8 Å². The van der Waals surface area contributed by atoms with Gasteiger partial charge in [0.1, 0.15) is 29.9 Å². The van der Waals surface area contributed by atoms with E-state index >= 15 is 0 Å². The predicted molar refractivity (Wildman–Crippen MR) is 109 cm³/mol. The summed E-state index contributed by atoms with van der Waals surface area (Å²) < 4.78 is 5.88. The number of thioether (sulfide) groups is 1. The number of ether oxygens (including phenoxy) is 1. The summed E-state index contributed by atoms with van der Waals surface area (Å²) in [7, 11) is 0. The fraction of sp³-hybridized carbons (Fsp3) is 0.950. The molecule has 8 atom stereocenters. The van der Waals surface area contributed by atoms with Gasteiger partial charge in [0.15, 0.2) is 0 Å². The van der Waals surface area contributed by atoms with Crippen LogP contribution in [0.3, 0.4) is 0 Å². The molecular formula is C20H36N2O5S. The molecule has 2 heterocycles. The zero-order valence-electron chi connectivity index (χ0n) is 17.1. The average molecular weight is 417 g/mol. The summed E-state index contributed by atoms with van der Waals surface area (Å²) in [4.78, 5) is 12.9. The highest BCUT2D eigenvalue weighted by Gasteiger charge is 2.47. The SMILES string of the molecule is CS[C@@H]1O[C@@H](C(NC(=O)C2CC(CCC3CC3)CN2)C(C)C)[C@@H](O)[C@@H](O)[C@@H]1O. The molecule has 0 radical (unpaired) electrons. The number of aliphatic hydroxyl groups excluding tert-OH is 3. The maximum absolute atomic E-state index is 12.9. The monoisotopic (exact) mass is 416 g/mol. The van der Waals surface area contributed by atoms with Crippen LogP contribution in [0.25, 0.3) is 0 Å². The Morgan fingerprint density at radius 2 is 1.82 bits per heavy atom. The van der Waals surface area contributed by atoms with E-state index in [0.29, 0.717) is 5.92 Å². The molecular weight excluding hydrogens is 380 g/mol. The summed E-state index contributed by atoms with van der Waals surface area (Å²) in [5, 5.41) is 37.2. The Morgan fingerprint density at radius 1 is 1.14 bits per heavy atom. The van der Waals surface area contributed by atoms with E-state index in [-0.39, 0.29) is 17.9 Å². The third-order valence-corrected chi connectivity index (χ3v) is 7.29. The molecule has 7 nitrogen and oxygen atoms in total. The van der Waals surface area contributed by atoms with Crippen molar-refractivity contribution in [1.29, 1.82) is 0 Å². The van der Waals surface area contributed by atoms with Crippen LogP contribution in [0.2, 0.25) is 0 Å². The van der Waals surface area contributed by atoms with Gasteiger partial charge in [-0.3, -0.25) is 4.79 Å². The topological polar surface area (TPSA) is 111 Å². The van der Waals surface area contributed by atoms with Gasteiger partial charge in [-0.1, -0.05) is 33.1 Å². The minimum atomic E-state index is -1.30. The van der Waals surface area contributed by atoms with Crippen molar-refractivity contribution in [2.45, 2.75) is 87.9 Å². The Balaban J connectivity index is 1.58. The van der Waals surface area contributed by atoms with Crippen molar-refractivity contribution in [2.75, 3.05) is 12.8 Å². The zero-order valence-corrected chi connectivity index (χ0v) is 17.9. The molecule has 0 bridgehead atoms. The molecule has 28 heavy (non-hydrogen) atoms. The van der Waals surface area contributed by atoms with Gasteiger partial charge in [0.05, 0.1) is 12.1 Å². The lowest BCUT2D eigenvalue weighted by molar-refractivity contribution is -0.208. The highest BCUT2D eigenvalue weighted by atomic mass is 32.2. The number of rotatable bonds is 8. The Labute approximate surface area is 172 Å². The lowest BCUT2D eigenvalue weighted by Crippen LogP contribution is -2.64. The molecule has 1 aliphatic carbocycles. The molecule has 2 aliphatic heterocycles. The molecule has 0 spiro atoms. The van der Waals surface area contributed by atoms with Crippen LogP contribution in [-0.4, -0.2) is 76.0 Å². The van der Waals surface area contributed by atoms with Crippen LogP contribution < -0.4 is 10.6 Å². The molecule has 1 amide bonds. The van der Waals surface area contributed by atoms with Gasteiger partial charge in [0.2, 0.25) is 5.91 Å². The smallest absolute Gasteiger partial charge is 0.237 e. The first-order valence-electron chi connectivity index (χ1n) is 10.6. The normalized spacial score (nSPS) is 39.9. The summed E-state index contributed by atoms with van der Waals surface area (Å²) in [6, 6.07) is -0.676. The van der Waals surface area contributed by atoms with E-state index in [0.717, 1.165) is 18.9 Å². The van der Waals surface area contributed by atoms with Crippen LogP contribution in [-0.2, 0) is 9.53 Å². The number of carbonyl (C=O) groups is 1. The Kier molecular flexibility index (Phi) is 7.66. The van der Waals surface area contributed by atoms with Crippen LogP contribution >= 0.6 is 11.8 Å². The average Bonchev–Trinajstić information content (AvgIpc) is 3.38. The molecule has 0 aromatic rings. The van der Waals surface area contributed by atoms with Crippen LogP contribution in [0.4, 0.5) is 0 Å². The summed E-state index contributed by atoms with van der Waals surface area (Å²) in [5.74, 6) is 1.38. The van der Waals surface area contributed by atoms with Crippen molar-refractivity contribution in [1.82, 2.24) is 10.6 Å². The second-order valence-corrected chi connectivity index (χ2v) is 9.97. The first kappa shape index (κ1) is 22.3. The number of amides is 1. The molecule has 3 unspecified atom stereocenters. The Morgan fingerprint density at radius 3 is 2.43 bits per heavy atom. The highest BCUT2D eigenvalue weighted by Crippen LogP contribution is 2.36. The summed E-state index contributed by atoms with van der Waals surface area (Å²) in [5.41, 5.74) is -0.641. The van der Waals surface area contributed by atoms with Crippen LogP contribution in [0.1, 0.15) is 46.0 Å². The highest BCUT2D eigenvalue weighted by molar-refractivity contribution is 7.99. The molecule has 3 aliphatic rings. The Hall–Kier alpha value is -0.380. The van der Waals surface area contributed by atoms with Crippen molar-refractivity contribution < 1.29 is 24.9 Å². The molecule has 162 valence electrons. The molecule has 8 heteroatoms. The van der Waals surface area contributed by atoms with Crippen molar-refractivity contribution in [3.63, 3.8) is 0 Å². The standard InChI is InChI=1S/C20H36N2O5S/c1-10(2)14(18-16(24)15(23)17(25)20(27-18)28-3)22-19(26)13-8-12(9-21-13)7-6-11-4-5-11/h10-18,20-21,23-25H,4-9H2,1-3H3,(H,22,26)/t12?,13?,14?,15-,16+,17+,18+,20+/m1/s1. The lowest BCUT2D eigenvalue weighted by Gasteiger charge is -2.44. The zero-order chi connectivity index (χ0) is 20.4. The van der Waals surface area contributed by atoms with Crippen molar-refractivity contribution in [2.24, 2.45) is 17.8 Å². The van der Waals surface area contributed by atoms with E-state index in [2.05, 4.69) is 10.6 Å². The van der Waals surface area contributed by atoms with E-state index in [1.807, 2.05) is 13.8 Å². The summed E-state index contributed by atoms with van der Waals surface area (Å²) in [6.45, 7) is 4.78. The van der Waals surface area contributed by atoms with E-state index in [1.54, 1.807) is 6.26 Å². The van der Waals surface area contributed by atoms with E-state index < -0.39 is 35.9 Å². The summed E-state index contributed by atoms with van der Waals surface area (Å²) in [6.07, 6.45) is 3.31. The third-order valence-electron chi connectivity index (χ3n) is 6.44. The molecule has 0 aromatic heterocycles. The van der Waals surface area contributed by atoms with Crippen molar-refractivity contribution in [3.8, 4) is 0 Å². The van der Waals surface area contributed by atoms with Gasteiger partial charge in [-0.2, -0.15) is 0 Å². The van der Waals surface area contributed by atoms with E-state index in [1.165, 1.54) is 37.4 Å². The van der Waals surface area contributed by atoms with Crippen LogP contribution in [0.15, 0.2) is 0 Å². The van der Waals surface area contributed by atoms with Gasteiger partial charge in [-0.15, -0.1) is 11.8 Å². The molecule has 3 fully saturated rings. The molecule has 0 aromatic carbocycles. The fourth-order valence-electron chi connectivity index (χ4n) is 4.36. The fourth-order valence-corrected chi connectivity index (χ4v) is 5.04. The van der Waals surface area contributed by atoms with Gasteiger partial charge < -0.3 is 30.7 Å². The maximum atomic E-state index is 12.9. The number of carbonyl (C=O) groups excluding carboxylic acids is 1. The largest absolute Gasteiger partial charge is 0.388 e. The quantitative estimate of drug-likeness (QED) is 0.391. The van der Waals surface area contributed by atoms with Crippen LogP contribution in [0.5, 0.6) is 0 Å². The number of aliphatic hydroxyl groups is 3. The minimum Gasteiger partial charge on any atom is -0.388 e. The van der Waals surface area contributed by atoms with Crippen molar-refractivity contribution in [3.05, 3.63) is 0 Å². The van der Waals surface area contributed by atoms with Gasteiger partial charge in [0, 0.05) is 0 Å². The summed E-state index contributed by atoms with van der Waals surface area (Å²) >= 11 is 1.28. The second kappa shape index (κ2) is 9.62. The number of hydrogen-bond donors (Lipinski definition) is 5. The van der Waals surface area contributed by atoms with E-state index in [4.69, 9.17) is 4.74 Å². The molecule has 1 saturated carbocycles. The first-order chi connectivity index (χ1) is 13.3. The van der Waals surface area contributed by atoms with E-state index in [9.17, 15) is 20.1 Å². The predicted octanol–water partition coefficient (Wildman–Crippen LogP) is 0.466. The second-order valence-electron chi connectivity index (χ2n) is 9.04. The van der Waals surface area contributed by atoms with Crippen molar-refractivity contribution >= 4 is 17.7 Å². The molecule has 2 saturated heterocycles. The third kappa shape index (κ3) is 5.21. The minimum absolute atomic E-state index is 0.000570. The molecule has 5 N–H and O–H groups in total. The maximum Gasteiger partial charge on any atom is 0.237 e. The van der Waals surface area contributed by atoms with Gasteiger partial charge in [-0.25, -0.2) is 0 Å². The first-order valence-corrected chi connectivity index (χ1v) is 11.9. The number of nitrogens with one attached hydrogen (secondary N) is 2. The van der Waals surface area contributed by atoms with Gasteiger partial charge >= 0.3 is 0 Å². The van der Waals surface area contributed by atoms with Gasteiger partial charge in [-0.05, 0) is 43.4 Å². The molecule has 3 rings (SSSR count). The lowest BCUT2D eigenvalue weighted by atomic mass is 9.88. The van der Waals surface area contributed by atoms with Gasteiger partial charge in [0.25, 0.3) is 0 Å². The Bertz CT molecular complexity index is 531. The number of hydrogen-bond acceptors (Lipinski definition) is 7.